The standard InChI is InChI=1S/C11H13N3O/c15-12-7-8-3-4-9-10(6-8)14-5-1-2-11(14)13-9/h3-4,6,12,15H,1-2,5,7H2. The molecule has 1 aromatic heterocycles. The van der Waals surface area contributed by atoms with Crippen LogP contribution >= 0.6 is 0 Å². The van der Waals surface area contributed by atoms with E-state index < -0.39 is 0 Å². The molecular weight excluding hydrogens is 190 g/mol. The largest absolute Gasteiger partial charge is 0.328 e. The Morgan fingerprint density at radius 1 is 1.47 bits per heavy atom. The molecule has 2 heterocycles. The Labute approximate surface area is 87.5 Å². The van der Waals surface area contributed by atoms with Gasteiger partial charge in [0.2, 0.25) is 0 Å². The molecule has 0 fully saturated rings. The van der Waals surface area contributed by atoms with Crippen LogP contribution in [0.5, 0.6) is 0 Å². The quantitative estimate of drug-likeness (QED) is 0.726. The highest BCUT2D eigenvalue weighted by Crippen LogP contribution is 2.23. The van der Waals surface area contributed by atoms with Gasteiger partial charge in [-0.1, -0.05) is 6.07 Å². The molecule has 4 heteroatoms. The summed E-state index contributed by atoms with van der Waals surface area (Å²) in [4.78, 5) is 4.57. The van der Waals surface area contributed by atoms with Gasteiger partial charge in [0, 0.05) is 19.5 Å². The third kappa shape index (κ3) is 1.33. The second-order valence-electron chi connectivity index (χ2n) is 3.94. The fraction of sp³-hybridized carbons (Fsp3) is 0.364. The molecule has 0 radical (unpaired) electrons. The first-order valence-corrected chi connectivity index (χ1v) is 5.23. The first-order valence-electron chi connectivity index (χ1n) is 5.23. The molecule has 0 saturated carbocycles. The fourth-order valence-electron chi connectivity index (χ4n) is 2.26. The average molecular weight is 203 g/mol. The fourth-order valence-corrected chi connectivity index (χ4v) is 2.26. The summed E-state index contributed by atoms with van der Waals surface area (Å²) >= 11 is 0. The maximum atomic E-state index is 8.66. The first kappa shape index (κ1) is 8.88. The summed E-state index contributed by atoms with van der Waals surface area (Å²) in [5, 5.41) is 8.66. The molecule has 0 atom stereocenters. The maximum absolute atomic E-state index is 8.66. The topological polar surface area (TPSA) is 50.1 Å². The van der Waals surface area contributed by atoms with Crippen LogP contribution in [0, 0.1) is 0 Å². The molecule has 3 rings (SSSR count). The van der Waals surface area contributed by atoms with Crippen LogP contribution in [0.15, 0.2) is 18.2 Å². The summed E-state index contributed by atoms with van der Waals surface area (Å²) in [6, 6.07) is 6.11. The number of nitrogens with one attached hydrogen (secondary N) is 1. The van der Waals surface area contributed by atoms with Gasteiger partial charge < -0.3 is 9.77 Å². The number of hydrogen-bond donors (Lipinski definition) is 2. The van der Waals surface area contributed by atoms with Gasteiger partial charge in [0.25, 0.3) is 0 Å². The number of benzene rings is 1. The molecule has 2 N–H and O–H groups in total. The van der Waals surface area contributed by atoms with E-state index in [1.54, 1.807) is 0 Å². The molecule has 2 aromatic rings. The van der Waals surface area contributed by atoms with E-state index in [1.807, 2.05) is 12.1 Å². The van der Waals surface area contributed by atoms with E-state index in [4.69, 9.17) is 5.21 Å². The van der Waals surface area contributed by atoms with Crippen molar-refractivity contribution in [2.75, 3.05) is 0 Å². The van der Waals surface area contributed by atoms with E-state index in [0.29, 0.717) is 6.54 Å². The lowest BCUT2D eigenvalue weighted by atomic mass is 10.2. The summed E-state index contributed by atoms with van der Waals surface area (Å²) in [5.41, 5.74) is 5.51. The minimum absolute atomic E-state index is 0.483. The second kappa shape index (κ2) is 3.32. The minimum Gasteiger partial charge on any atom is -0.328 e. The van der Waals surface area contributed by atoms with Gasteiger partial charge >= 0.3 is 0 Å². The number of nitrogens with zero attached hydrogens (tertiary/aromatic N) is 2. The smallest absolute Gasteiger partial charge is 0.109 e. The monoisotopic (exact) mass is 203 g/mol. The van der Waals surface area contributed by atoms with E-state index in [9.17, 15) is 0 Å². The lowest BCUT2D eigenvalue weighted by Gasteiger charge is -2.01. The molecule has 1 aliphatic rings. The van der Waals surface area contributed by atoms with Crippen LogP contribution in [0.3, 0.4) is 0 Å². The van der Waals surface area contributed by atoms with Crippen LogP contribution < -0.4 is 5.48 Å². The Bertz CT molecular complexity index is 504. The van der Waals surface area contributed by atoms with Gasteiger partial charge in [-0.15, -0.1) is 0 Å². The third-order valence-electron chi connectivity index (χ3n) is 2.96. The van der Waals surface area contributed by atoms with Crippen LogP contribution in [-0.2, 0) is 19.5 Å². The molecule has 0 unspecified atom stereocenters. The Kier molecular flexibility index (Phi) is 1.97. The molecule has 0 amide bonds. The first-order chi connectivity index (χ1) is 7.38. The minimum atomic E-state index is 0.483. The van der Waals surface area contributed by atoms with E-state index in [2.05, 4.69) is 21.1 Å². The Morgan fingerprint density at radius 2 is 2.40 bits per heavy atom. The molecule has 4 nitrogen and oxygen atoms in total. The SMILES string of the molecule is ONCc1ccc2nc3n(c2c1)CCC3. The number of rotatable bonds is 2. The van der Waals surface area contributed by atoms with E-state index >= 15 is 0 Å². The van der Waals surface area contributed by atoms with Crippen molar-refractivity contribution in [1.29, 1.82) is 0 Å². The van der Waals surface area contributed by atoms with Crippen LogP contribution in [0.4, 0.5) is 0 Å². The Hall–Kier alpha value is -1.39. The van der Waals surface area contributed by atoms with Crippen LogP contribution in [0.1, 0.15) is 17.8 Å². The lowest BCUT2D eigenvalue weighted by molar-refractivity contribution is 0.161. The molecule has 1 aromatic carbocycles. The van der Waals surface area contributed by atoms with Crippen molar-refractivity contribution < 1.29 is 5.21 Å². The molecule has 0 bridgehead atoms. The van der Waals surface area contributed by atoms with Crippen LogP contribution in [0.25, 0.3) is 11.0 Å². The van der Waals surface area contributed by atoms with Crippen molar-refractivity contribution >= 4 is 11.0 Å². The number of imidazole rings is 1. The van der Waals surface area contributed by atoms with Gasteiger partial charge in [0.1, 0.15) is 5.82 Å². The van der Waals surface area contributed by atoms with Gasteiger partial charge in [0.15, 0.2) is 0 Å². The summed E-state index contributed by atoms with van der Waals surface area (Å²) < 4.78 is 2.27. The number of aryl methyl sites for hydroxylation is 2. The van der Waals surface area contributed by atoms with Crippen molar-refractivity contribution in [1.82, 2.24) is 15.0 Å². The highest BCUT2D eigenvalue weighted by Gasteiger charge is 2.15. The zero-order valence-corrected chi connectivity index (χ0v) is 8.40. The lowest BCUT2D eigenvalue weighted by Crippen LogP contribution is -2.05. The summed E-state index contributed by atoms with van der Waals surface area (Å²) in [6.45, 7) is 1.55. The summed E-state index contributed by atoms with van der Waals surface area (Å²) in [6.07, 6.45) is 2.28. The molecule has 0 saturated heterocycles. The van der Waals surface area contributed by atoms with Crippen LogP contribution in [-0.4, -0.2) is 14.8 Å². The Morgan fingerprint density at radius 3 is 3.27 bits per heavy atom. The zero-order chi connectivity index (χ0) is 10.3. The maximum Gasteiger partial charge on any atom is 0.109 e. The number of fused-ring (bicyclic) bond motifs is 3. The second-order valence-corrected chi connectivity index (χ2v) is 3.94. The van der Waals surface area contributed by atoms with Gasteiger partial charge in [-0.3, -0.25) is 0 Å². The zero-order valence-electron chi connectivity index (χ0n) is 8.40. The molecule has 78 valence electrons. The van der Waals surface area contributed by atoms with Crippen molar-refractivity contribution in [2.45, 2.75) is 25.9 Å². The molecule has 0 aliphatic carbocycles. The van der Waals surface area contributed by atoms with Gasteiger partial charge in [-0.05, 0) is 24.1 Å². The van der Waals surface area contributed by atoms with E-state index in [0.717, 1.165) is 24.0 Å². The van der Waals surface area contributed by atoms with E-state index in [-0.39, 0.29) is 0 Å². The van der Waals surface area contributed by atoms with Crippen molar-refractivity contribution in [3.63, 3.8) is 0 Å². The summed E-state index contributed by atoms with van der Waals surface area (Å²) in [7, 11) is 0. The summed E-state index contributed by atoms with van der Waals surface area (Å²) in [5.74, 6) is 1.19. The molecule has 0 spiro atoms. The van der Waals surface area contributed by atoms with Crippen molar-refractivity contribution in [3.8, 4) is 0 Å². The molecular formula is C11H13N3O. The average Bonchev–Trinajstić information content (AvgIpc) is 2.78. The highest BCUT2D eigenvalue weighted by atomic mass is 16.5. The van der Waals surface area contributed by atoms with Gasteiger partial charge in [-0.2, -0.15) is 0 Å². The molecule has 1 aliphatic heterocycles. The normalized spacial score (nSPS) is 14.7. The number of hydrogen-bond acceptors (Lipinski definition) is 3. The van der Waals surface area contributed by atoms with Gasteiger partial charge in [-0.25, -0.2) is 10.5 Å². The van der Waals surface area contributed by atoms with Crippen molar-refractivity contribution in [3.05, 3.63) is 29.6 Å². The third-order valence-corrected chi connectivity index (χ3v) is 2.96. The van der Waals surface area contributed by atoms with Crippen LogP contribution in [0.2, 0.25) is 0 Å². The number of hydroxylamine groups is 1. The van der Waals surface area contributed by atoms with E-state index in [1.165, 1.54) is 17.8 Å². The number of aromatic nitrogens is 2. The highest BCUT2D eigenvalue weighted by molar-refractivity contribution is 5.77. The molecule has 15 heavy (non-hydrogen) atoms. The predicted molar refractivity (Wildman–Crippen MR) is 56.7 cm³/mol. The Balaban J connectivity index is 2.16. The van der Waals surface area contributed by atoms with Gasteiger partial charge in [0.05, 0.1) is 11.0 Å². The van der Waals surface area contributed by atoms with Crippen molar-refractivity contribution in [2.24, 2.45) is 0 Å². The predicted octanol–water partition coefficient (Wildman–Crippen LogP) is 1.46.